The summed E-state index contributed by atoms with van der Waals surface area (Å²) in [6.07, 6.45) is 7.42. The normalized spacial score (nSPS) is 18.2. The lowest BCUT2D eigenvalue weighted by molar-refractivity contribution is -0.135. The SMILES string of the molecule is O=C(NCCCN1CCCCCC1=O)C1CCN(C(=O)CCc2ccccc2)CC1. The van der Waals surface area contributed by atoms with Crippen LogP contribution in [0.4, 0.5) is 0 Å². The van der Waals surface area contributed by atoms with Crippen LogP contribution in [0.5, 0.6) is 0 Å². The molecule has 6 heteroatoms. The molecule has 3 rings (SSSR count). The maximum Gasteiger partial charge on any atom is 0.223 e. The lowest BCUT2D eigenvalue weighted by atomic mass is 9.95. The third-order valence-corrected chi connectivity index (χ3v) is 6.26. The molecule has 0 bridgehead atoms. The fraction of sp³-hybridized carbons (Fsp3) is 0.625. The second-order valence-corrected chi connectivity index (χ2v) is 8.48. The lowest BCUT2D eigenvalue weighted by Crippen LogP contribution is -2.43. The van der Waals surface area contributed by atoms with Crippen molar-refractivity contribution < 1.29 is 14.4 Å². The van der Waals surface area contributed by atoms with Crippen molar-refractivity contribution in [1.29, 1.82) is 0 Å². The van der Waals surface area contributed by atoms with Gasteiger partial charge in [0.1, 0.15) is 0 Å². The van der Waals surface area contributed by atoms with Gasteiger partial charge in [-0.2, -0.15) is 0 Å². The first-order chi connectivity index (χ1) is 14.6. The van der Waals surface area contributed by atoms with Gasteiger partial charge in [-0.1, -0.05) is 36.8 Å². The van der Waals surface area contributed by atoms with Crippen LogP contribution in [0, 0.1) is 5.92 Å². The topological polar surface area (TPSA) is 69.7 Å². The zero-order valence-corrected chi connectivity index (χ0v) is 18.0. The molecule has 2 heterocycles. The first-order valence-electron chi connectivity index (χ1n) is 11.5. The van der Waals surface area contributed by atoms with Crippen molar-refractivity contribution in [3.05, 3.63) is 35.9 Å². The molecule has 164 valence electrons. The highest BCUT2D eigenvalue weighted by Gasteiger charge is 2.27. The number of rotatable bonds is 8. The number of nitrogens with zero attached hydrogens (tertiary/aromatic N) is 2. The molecule has 2 saturated heterocycles. The van der Waals surface area contributed by atoms with E-state index >= 15 is 0 Å². The van der Waals surface area contributed by atoms with Gasteiger partial charge in [0.25, 0.3) is 0 Å². The van der Waals surface area contributed by atoms with Crippen molar-refractivity contribution in [3.8, 4) is 0 Å². The Bertz CT molecular complexity index is 699. The Balaban J connectivity index is 1.30. The predicted octanol–water partition coefficient (Wildman–Crippen LogP) is 2.77. The van der Waals surface area contributed by atoms with Gasteiger partial charge in [0.2, 0.25) is 17.7 Å². The van der Waals surface area contributed by atoms with Crippen LogP contribution in [0.3, 0.4) is 0 Å². The molecular weight excluding hydrogens is 378 g/mol. The van der Waals surface area contributed by atoms with Crippen molar-refractivity contribution in [2.24, 2.45) is 5.92 Å². The van der Waals surface area contributed by atoms with Gasteiger partial charge in [0.15, 0.2) is 0 Å². The molecule has 0 saturated carbocycles. The summed E-state index contributed by atoms with van der Waals surface area (Å²) >= 11 is 0. The first-order valence-corrected chi connectivity index (χ1v) is 11.5. The molecule has 1 aromatic rings. The van der Waals surface area contributed by atoms with Gasteiger partial charge >= 0.3 is 0 Å². The Hall–Kier alpha value is -2.37. The summed E-state index contributed by atoms with van der Waals surface area (Å²) in [5, 5.41) is 3.03. The number of benzene rings is 1. The van der Waals surface area contributed by atoms with E-state index in [1.807, 2.05) is 40.1 Å². The highest BCUT2D eigenvalue weighted by atomic mass is 16.2. The molecule has 2 fully saturated rings. The molecule has 3 amide bonds. The Morgan fingerprint density at radius 1 is 1.00 bits per heavy atom. The molecule has 2 aliphatic rings. The maximum atomic E-state index is 12.5. The van der Waals surface area contributed by atoms with Gasteiger partial charge in [0.05, 0.1) is 0 Å². The summed E-state index contributed by atoms with van der Waals surface area (Å²) in [5.41, 5.74) is 1.18. The molecule has 2 aliphatic heterocycles. The molecule has 0 aromatic heterocycles. The standard InChI is InChI=1S/C24H35N3O3/c28-22-10-5-2-6-16-26(22)17-7-15-25-24(30)21-13-18-27(19-14-21)23(29)12-11-20-8-3-1-4-9-20/h1,3-4,8-9,21H,2,5-7,10-19H2,(H,25,30). The van der Waals surface area contributed by atoms with Crippen molar-refractivity contribution in [2.45, 2.75) is 57.8 Å². The molecule has 0 aliphatic carbocycles. The molecule has 0 radical (unpaired) electrons. The number of aryl methyl sites for hydroxylation is 1. The summed E-state index contributed by atoms with van der Waals surface area (Å²) in [5.74, 6) is 0.513. The number of hydrogen-bond donors (Lipinski definition) is 1. The smallest absolute Gasteiger partial charge is 0.223 e. The third-order valence-electron chi connectivity index (χ3n) is 6.26. The minimum atomic E-state index is -0.0111. The number of nitrogens with one attached hydrogen (secondary N) is 1. The van der Waals surface area contributed by atoms with Crippen LogP contribution >= 0.6 is 0 Å². The maximum absolute atomic E-state index is 12.5. The van der Waals surface area contributed by atoms with Crippen LogP contribution in [0.2, 0.25) is 0 Å². The van der Waals surface area contributed by atoms with E-state index < -0.39 is 0 Å². The number of piperidine rings is 1. The molecule has 0 atom stereocenters. The zero-order valence-electron chi connectivity index (χ0n) is 18.0. The number of carbonyl (C=O) groups is 3. The van der Waals surface area contributed by atoms with E-state index in [0.717, 1.165) is 58.0 Å². The number of likely N-dealkylation sites (tertiary alicyclic amines) is 2. The van der Waals surface area contributed by atoms with Crippen molar-refractivity contribution in [2.75, 3.05) is 32.7 Å². The van der Waals surface area contributed by atoms with Crippen molar-refractivity contribution in [3.63, 3.8) is 0 Å². The Morgan fingerprint density at radius 2 is 1.77 bits per heavy atom. The van der Waals surface area contributed by atoms with Gasteiger partial charge in [-0.25, -0.2) is 0 Å². The average molecular weight is 414 g/mol. The second-order valence-electron chi connectivity index (χ2n) is 8.48. The minimum absolute atomic E-state index is 0.0111. The quantitative estimate of drug-likeness (QED) is 0.666. The highest BCUT2D eigenvalue weighted by Crippen LogP contribution is 2.19. The summed E-state index contributed by atoms with van der Waals surface area (Å²) in [6.45, 7) is 3.51. The number of amides is 3. The average Bonchev–Trinajstić information content (AvgIpc) is 2.99. The fourth-order valence-corrected chi connectivity index (χ4v) is 4.35. The molecule has 0 spiro atoms. The fourth-order valence-electron chi connectivity index (χ4n) is 4.35. The van der Waals surface area contributed by atoms with Gasteiger partial charge in [-0.3, -0.25) is 14.4 Å². The van der Waals surface area contributed by atoms with E-state index in [9.17, 15) is 14.4 Å². The van der Waals surface area contributed by atoms with Crippen LogP contribution in [-0.4, -0.2) is 60.2 Å². The van der Waals surface area contributed by atoms with Crippen molar-refractivity contribution >= 4 is 17.7 Å². The zero-order chi connectivity index (χ0) is 21.2. The molecule has 0 unspecified atom stereocenters. The molecular formula is C24H35N3O3. The van der Waals surface area contributed by atoms with E-state index in [4.69, 9.17) is 0 Å². The summed E-state index contributed by atoms with van der Waals surface area (Å²) in [6, 6.07) is 10.1. The highest BCUT2D eigenvalue weighted by molar-refractivity contribution is 5.80. The van der Waals surface area contributed by atoms with Crippen LogP contribution in [0.15, 0.2) is 30.3 Å². The second kappa shape index (κ2) is 11.7. The van der Waals surface area contributed by atoms with Crippen molar-refractivity contribution in [1.82, 2.24) is 15.1 Å². The van der Waals surface area contributed by atoms with Crippen LogP contribution < -0.4 is 5.32 Å². The summed E-state index contributed by atoms with van der Waals surface area (Å²) < 4.78 is 0. The van der Waals surface area contributed by atoms with Gasteiger partial charge in [-0.15, -0.1) is 0 Å². The Morgan fingerprint density at radius 3 is 2.53 bits per heavy atom. The van der Waals surface area contributed by atoms with Gasteiger partial charge in [-0.05, 0) is 44.1 Å². The number of hydrogen-bond acceptors (Lipinski definition) is 3. The van der Waals surface area contributed by atoms with E-state index in [0.29, 0.717) is 32.5 Å². The van der Waals surface area contributed by atoms with E-state index in [1.165, 1.54) is 5.56 Å². The molecule has 30 heavy (non-hydrogen) atoms. The first kappa shape index (κ1) is 22.3. The minimum Gasteiger partial charge on any atom is -0.356 e. The van der Waals surface area contributed by atoms with Crippen LogP contribution in [0.1, 0.15) is 56.9 Å². The summed E-state index contributed by atoms with van der Waals surface area (Å²) in [7, 11) is 0. The van der Waals surface area contributed by atoms with E-state index in [-0.39, 0.29) is 23.6 Å². The Kier molecular flexibility index (Phi) is 8.72. The van der Waals surface area contributed by atoms with E-state index in [1.54, 1.807) is 0 Å². The molecule has 1 N–H and O–H groups in total. The van der Waals surface area contributed by atoms with Gasteiger partial charge < -0.3 is 15.1 Å². The monoisotopic (exact) mass is 413 g/mol. The predicted molar refractivity (Wildman–Crippen MR) is 117 cm³/mol. The summed E-state index contributed by atoms with van der Waals surface area (Å²) in [4.78, 5) is 40.8. The number of carbonyl (C=O) groups excluding carboxylic acids is 3. The van der Waals surface area contributed by atoms with E-state index in [2.05, 4.69) is 5.32 Å². The van der Waals surface area contributed by atoms with Gasteiger partial charge in [0, 0.05) is 51.5 Å². The largest absolute Gasteiger partial charge is 0.356 e. The van der Waals surface area contributed by atoms with Crippen LogP contribution in [-0.2, 0) is 20.8 Å². The Labute approximate surface area is 180 Å². The molecule has 1 aromatic carbocycles. The molecule has 6 nitrogen and oxygen atoms in total. The lowest BCUT2D eigenvalue weighted by Gasteiger charge is -2.31. The third kappa shape index (κ3) is 6.85. The van der Waals surface area contributed by atoms with Crippen LogP contribution in [0.25, 0.3) is 0 Å².